The molecule has 2 rings (SSSR count). The van der Waals surface area contributed by atoms with E-state index in [0.717, 1.165) is 5.92 Å². The molecule has 0 N–H and O–H groups in total. The van der Waals surface area contributed by atoms with Gasteiger partial charge in [-0.1, -0.05) is 43.5 Å². The van der Waals surface area contributed by atoms with Crippen LogP contribution in [0, 0.1) is 6.07 Å². The summed E-state index contributed by atoms with van der Waals surface area (Å²) in [5, 5.41) is 0. The van der Waals surface area contributed by atoms with E-state index in [1.54, 1.807) is 0 Å². The summed E-state index contributed by atoms with van der Waals surface area (Å²) in [6, 6.07) is 11.8. The molecule has 0 saturated heterocycles. The fraction of sp³-hybridized carbons (Fsp3) is 0.500. The van der Waals surface area contributed by atoms with Gasteiger partial charge in [-0.3, -0.25) is 0 Å². The van der Waals surface area contributed by atoms with Crippen LogP contribution in [0.5, 0.6) is 0 Å². The molecule has 1 aromatic carbocycles. The zero-order chi connectivity index (χ0) is 8.23. The van der Waals surface area contributed by atoms with Gasteiger partial charge in [0.1, 0.15) is 0 Å². The summed E-state index contributed by atoms with van der Waals surface area (Å²) in [5.41, 5.74) is 1.43. The van der Waals surface area contributed by atoms with Crippen LogP contribution >= 0.6 is 0 Å². The first-order valence-electron chi connectivity index (χ1n) is 4.93. The van der Waals surface area contributed by atoms with E-state index in [0.29, 0.717) is 0 Å². The molecule has 1 fully saturated rings. The van der Waals surface area contributed by atoms with E-state index in [4.69, 9.17) is 0 Å². The molecule has 0 unspecified atom stereocenters. The molecular formula is C12H16Li. The fourth-order valence-electron chi connectivity index (χ4n) is 2.07. The van der Waals surface area contributed by atoms with Crippen LogP contribution in [0.4, 0.5) is 0 Å². The Morgan fingerprint density at radius 2 is 1.85 bits per heavy atom. The number of benzene rings is 1. The number of hydrogen-bond acceptors (Lipinski definition) is 0. The average molecular weight is 167 g/mol. The molecule has 0 aliphatic heterocycles. The van der Waals surface area contributed by atoms with E-state index >= 15 is 0 Å². The van der Waals surface area contributed by atoms with E-state index in [1.165, 1.54) is 37.7 Å². The van der Waals surface area contributed by atoms with Crippen molar-refractivity contribution in [2.75, 3.05) is 0 Å². The van der Waals surface area contributed by atoms with Crippen molar-refractivity contribution in [1.82, 2.24) is 0 Å². The van der Waals surface area contributed by atoms with Crippen LogP contribution in [0.1, 0.15) is 43.6 Å². The minimum Gasteiger partial charge on any atom is -0.0619 e. The van der Waals surface area contributed by atoms with E-state index in [-0.39, 0.29) is 18.9 Å². The van der Waals surface area contributed by atoms with Gasteiger partial charge in [0.15, 0.2) is 0 Å². The first-order chi connectivity index (χ1) is 5.97. The Morgan fingerprint density at radius 3 is 2.46 bits per heavy atom. The van der Waals surface area contributed by atoms with Gasteiger partial charge in [-0.25, -0.2) is 0 Å². The first-order valence-corrected chi connectivity index (χ1v) is 4.93. The molecule has 0 bridgehead atoms. The Balaban J connectivity index is 0.000000845. The molecule has 0 aromatic heterocycles. The number of rotatable bonds is 1. The van der Waals surface area contributed by atoms with Gasteiger partial charge in [0, 0.05) is 0 Å². The Bertz CT molecular complexity index is 224. The van der Waals surface area contributed by atoms with Crippen LogP contribution in [-0.4, -0.2) is 18.9 Å². The minimum atomic E-state index is 0. The molecule has 0 amide bonds. The summed E-state index contributed by atoms with van der Waals surface area (Å²) in [6.07, 6.45) is 7.01. The second kappa shape index (κ2) is 5.53. The Kier molecular flexibility index (Phi) is 4.63. The topological polar surface area (TPSA) is 0 Å². The van der Waals surface area contributed by atoms with E-state index < -0.39 is 0 Å². The summed E-state index contributed by atoms with van der Waals surface area (Å²) in [7, 11) is 0. The Morgan fingerprint density at radius 1 is 1.08 bits per heavy atom. The molecule has 1 heteroatoms. The van der Waals surface area contributed by atoms with Crippen LogP contribution < -0.4 is 0 Å². The molecule has 0 atom stereocenters. The SMILES string of the molecule is [LiH].[c]1ccccc1C1CCCCC1. The van der Waals surface area contributed by atoms with Crippen molar-refractivity contribution in [3.05, 3.63) is 35.9 Å². The average Bonchev–Trinajstić information content (AvgIpc) is 2.21. The zero-order valence-electron chi connectivity index (χ0n) is 7.42. The van der Waals surface area contributed by atoms with Gasteiger partial charge in [-0.2, -0.15) is 0 Å². The second-order valence-electron chi connectivity index (χ2n) is 3.65. The van der Waals surface area contributed by atoms with Gasteiger partial charge in [-0.05, 0) is 30.4 Å². The monoisotopic (exact) mass is 167 g/mol. The molecule has 0 spiro atoms. The third kappa shape index (κ3) is 2.90. The third-order valence-electron chi connectivity index (χ3n) is 2.78. The summed E-state index contributed by atoms with van der Waals surface area (Å²) < 4.78 is 0. The summed E-state index contributed by atoms with van der Waals surface area (Å²) in [5.74, 6) is 0.806. The molecule has 13 heavy (non-hydrogen) atoms. The van der Waals surface area contributed by atoms with Crippen molar-refractivity contribution >= 4 is 18.9 Å². The van der Waals surface area contributed by atoms with Crippen molar-refractivity contribution in [1.29, 1.82) is 0 Å². The quantitative estimate of drug-likeness (QED) is 0.564. The largest absolute Gasteiger partial charge is 0.0619 e. The summed E-state index contributed by atoms with van der Waals surface area (Å²) >= 11 is 0. The van der Waals surface area contributed by atoms with Gasteiger partial charge in [0.05, 0.1) is 0 Å². The molecule has 1 aliphatic carbocycles. The van der Waals surface area contributed by atoms with Crippen LogP contribution in [0.2, 0.25) is 0 Å². The predicted octanol–water partition coefficient (Wildman–Crippen LogP) is 2.89. The molecule has 1 radical (unpaired) electrons. The molecule has 1 saturated carbocycles. The standard InChI is InChI=1S/C12H15.Li.H/c1-3-7-11(8-4-1)12-9-5-2-6-10-12;;/h1,3-4,7,12H,2,5-6,9-10H2;;. The summed E-state index contributed by atoms with van der Waals surface area (Å²) in [6.45, 7) is 0. The fourth-order valence-corrected chi connectivity index (χ4v) is 2.07. The van der Waals surface area contributed by atoms with E-state index in [2.05, 4.69) is 18.2 Å². The van der Waals surface area contributed by atoms with Crippen molar-refractivity contribution in [3.8, 4) is 0 Å². The molecule has 0 heterocycles. The third-order valence-corrected chi connectivity index (χ3v) is 2.78. The summed E-state index contributed by atoms with van der Waals surface area (Å²) in [4.78, 5) is 0. The van der Waals surface area contributed by atoms with Crippen molar-refractivity contribution < 1.29 is 0 Å². The van der Waals surface area contributed by atoms with Crippen LogP contribution in [-0.2, 0) is 0 Å². The van der Waals surface area contributed by atoms with Gasteiger partial charge in [0.25, 0.3) is 0 Å². The molecule has 0 nitrogen and oxygen atoms in total. The molecule has 65 valence electrons. The normalized spacial score (nSPS) is 17.8. The first kappa shape index (κ1) is 10.9. The zero-order valence-corrected chi connectivity index (χ0v) is 7.42. The van der Waals surface area contributed by atoms with Crippen LogP contribution in [0.3, 0.4) is 0 Å². The molecule has 1 aromatic rings. The van der Waals surface area contributed by atoms with Crippen LogP contribution in [0.25, 0.3) is 0 Å². The maximum atomic E-state index is 3.34. The maximum Gasteiger partial charge on any atom is -0.0146 e. The van der Waals surface area contributed by atoms with E-state index in [1.807, 2.05) is 12.1 Å². The number of hydrogen-bond donors (Lipinski definition) is 0. The maximum absolute atomic E-state index is 3.34. The Hall–Kier alpha value is -0.183. The minimum absolute atomic E-state index is 0. The smallest absolute Gasteiger partial charge is 0.0146 e. The molecule has 1 aliphatic rings. The van der Waals surface area contributed by atoms with Gasteiger partial charge in [0.2, 0.25) is 0 Å². The van der Waals surface area contributed by atoms with Gasteiger partial charge >= 0.3 is 18.9 Å². The van der Waals surface area contributed by atoms with Gasteiger partial charge < -0.3 is 0 Å². The van der Waals surface area contributed by atoms with Crippen molar-refractivity contribution in [3.63, 3.8) is 0 Å². The van der Waals surface area contributed by atoms with Crippen molar-refractivity contribution in [2.45, 2.75) is 38.0 Å². The van der Waals surface area contributed by atoms with E-state index in [9.17, 15) is 0 Å². The molecular weight excluding hydrogens is 151 g/mol. The Labute approximate surface area is 92.9 Å². The van der Waals surface area contributed by atoms with Crippen molar-refractivity contribution in [2.24, 2.45) is 0 Å². The van der Waals surface area contributed by atoms with Crippen LogP contribution in [0.15, 0.2) is 24.3 Å². The predicted molar refractivity (Wildman–Crippen MR) is 58.3 cm³/mol. The second-order valence-corrected chi connectivity index (χ2v) is 3.65. The van der Waals surface area contributed by atoms with Gasteiger partial charge in [-0.15, -0.1) is 0 Å².